The molecular weight excluding hydrogens is 393 g/mol. The Morgan fingerprint density at radius 2 is 1.93 bits per heavy atom. The van der Waals surface area contributed by atoms with Gasteiger partial charge in [-0.2, -0.15) is 18.4 Å². The highest BCUT2D eigenvalue weighted by molar-refractivity contribution is 5.77. The van der Waals surface area contributed by atoms with Crippen molar-refractivity contribution in [3.8, 4) is 6.07 Å². The number of alkyl halides is 3. The zero-order chi connectivity index (χ0) is 21.3. The molecule has 2 aliphatic rings. The molecule has 0 radical (unpaired) electrons. The van der Waals surface area contributed by atoms with E-state index in [1.165, 1.54) is 6.07 Å². The highest BCUT2D eigenvalue weighted by Crippen LogP contribution is 2.41. The molecule has 1 amide bonds. The Hall–Kier alpha value is -3.27. The number of amides is 1. The first-order valence-electron chi connectivity index (χ1n) is 9.68. The second-order valence-corrected chi connectivity index (χ2v) is 7.51. The third-order valence-corrected chi connectivity index (χ3v) is 5.62. The first-order valence-corrected chi connectivity index (χ1v) is 9.68. The summed E-state index contributed by atoms with van der Waals surface area (Å²) in [6.07, 6.45) is -1.24. The number of ether oxygens (including phenoxy) is 1. The molecule has 2 heterocycles. The van der Waals surface area contributed by atoms with E-state index in [2.05, 4.69) is 0 Å². The summed E-state index contributed by atoms with van der Waals surface area (Å²) in [5.74, 6) is 0. The Morgan fingerprint density at radius 1 is 1.17 bits per heavy atom. The number of hydrogen-bond acceptors (Lipinski definition) is 3. The summed E-state index contributed by atoms with van der Waals surface area (Å²) in [5.41, 5.74) is 1.27. The number of nitriles is 1. The molecule has 0 aromatic heterocycles. The molecule has 30 heavy (non-hydrogen) atoms. The Kier molecular flexibility index (Phi) is 5.25. The van der Waals surface area contributed by atoms with Crippen molar-refractivity contribution in [3.05, 3.63) is 76.9 Å². The topological polar surface area (TPSA) is 53.3 Å². The summed E-state index contributed by atoms with van der Waals surface area (Å²) in [7, 11) is 0. The number of carbonyl (C=O) groups excluding carboxylic acids is 1. The predicted molar refractivity (Wildman–Crippen MR) is 104 cm³/mol. The van der Waals surface area contributed by atoms with E-state index >= 15 is 0 Å². The van der Waals surface area contributed by atoms with Crippen LogP contribution in [-0.2, 0) is 17.5 Å². The molecule has 154 valence electrons. The monoisotopic (exact) mass is 412 g/mol. The second-order valence-electron chi connectivity index (χ2n) is 7.51. The molecule has 4 rings (SSSR count). The lowest BCUT2D eigenvalue weighted by atomic mass is 9.90. The van der Waals surface area contributed by atoms with Crippen LogP contribution in [0.1, 0.15) is 41.5 Å². The summed E-state index contributed by atoms with van der Waals surface area (Å²) in [6.45, 7) is 0.165. The maximum Gasteiger partial charge on any atom is 0.416 e. The molecule has 1 saturated heterocycles. The van der Waals surface area contributed by atoms with Gasteiger partial charge < -0.3 is 4.74 Å². The van der Waals surface area contributed by atoms with Gasteiger partial charge in [-0.25, -0.2) is 4.79 Å². The average Bonchev–Trinajstić information content (AvgIpc) is 3.01. The number of halogens is 3. The highest BCUT2D eigenvalue weighted by Gasteiger charge is 2.41. The SMILES string of the molecule is N#Cc1ccc(C(F)(F)F)cc1C1=CC2CCC(C1)N2C(=O)OCc1ccccc1. The van der Waals surface area contributed by atoms with Gasteiger partial charge in [-0.05, 0) is 54.2 Å². The van der Waals surface area contributed by atoms with Crippen LogP contribution < -0.4 is 0 Å². The van der Waals surface area contributed by atoms with Crippen molar-refractivity contribution in [2.45, 2.75) is 44.1 Å². The fraction of sp³-hybridized carbons (Fsp3) is 0.304. The molecule has 2 aliphatic heterocycles. The Morgan fingerprint density at radius 3 is 2.60 bits per heavy atom. The Bertz CT molecular complexity index is 1020. The summed E-state index contributed by atoms with van der Waals surface area (Å²) in [4.78, 5) is 14.3. The minimum absolute atomic E-state index is 0.153. The van der Waals surface area contributed by atoms with Crippen LogP contribution in [0.3, 0.4) is 0 Å². The van der Waals surface area contributed by atoms with Crippen molar-refractivity contribution in [1.29, 1.82) is 5.26 Å². The van der Waals surface area contributed by atoms with Crippen LogP contribution in [0.5, 0.6) is 0 Å². The van der Waals surface area contributed by atoms with E-state index in [9.17, 15) is 23.2 Å². The Labute approximate surface area is 172 Å². The molecule has 0 aliphatic carbocycles. The van der Waals surface area contributed by atoms with Gasteiger partial charge in [-0.3, -0.25) is 4.90 Å². The Balaban J connectivity index is 1.56. The van der Waals surface area contributed by atoms with E-state index in [-0.39, 0.29) is 24.3 Å². The van der Waals surface area contributed by atoms with E-state index < -0.39 is 17.8 Å². The fourth-order valence-electron chi connectivity index (χ4n) is 4.19. The van der Waals surface area contributed by atoms with Crippen molar-refractivity contribution in [2.75, 3.05) is 0 Å². The molecule has 0 spiro atoms. The van der Waals surface area contributed by atoms with Gasteiger partial charge in [-0.15, -0.1) is 0 Å². The number of nitrogens with zero attached hydrogens (tertiary/aromatic N) is 2. The molecule has 2 aromatic carbocycles. The number of fused-ring (bicyclic) bond motifs is 2. The number of carbonyl (C=O) groups is 1. The van der Waals surface area contributed by atoms with Crippen molar-refractivity contribution in [2.24, 2.45) is 0 Å². The van der Waals surface area contributed by atoms with E-state index in [0.29, 0.717) is 17.6 Å². The number of hydrogen-bond donors (Lipinski definition) is 0. The molecule has 1 fully saturated rings. The minimum Gasteiger partial charge on any atom is -0.445 e. The fourth-order valence-corrected chi connectivity index (χ4v) is 4.19. The van der Waals surface area contributed by atoms with E-state index in [1.807, 2.05) is 42.5 Å². The van der Waals surface area contributed by atoms with E-state index in [4.69, 9.17) is 4.74 Å². The van der Waals surface area contributed by atoms with Gasteiger partial charge in [0.25, 0.3) is 0 Å². The normalized spacial score (nSPS) is 20.5. The van der Waals surface area contributed by atoms with Gasteiger partial charge in [0.05, 0.1) is 23.2 Å². The summed E-state index contributed by atoms with van der Waals surface area (Å²) >= 11 is 0. The van der Waals surface area contributed by atoms with Crippen LogP contribution in [0, 0.1) is 11.3 Å². The van der Waals surface area contributed by atoms with E-state index in [1.54, 1.807) is 4.90 Å². The third-order valence-electron chi connectivity index (χ3n) is 5.62. The lowest BCUT2D eigenvalue weighted by Gasteiger charge is -2.33. The quantitative estimate of drug-likeness (QED) is 0.666. The average molecular weight is 412 g/mol. The van der Waals surface area contributed by atoms with Crippen LogP contribution in [0.4, 0.5) is 18.0 Å². The van der Waals surface area contributed by atoms with Crippen molar-refractivity contribution in [1.82, 2.24) is 4.90 Å². The first-order chi connectivity index (χ1) is 14.4. The van der Waals surface area contributed by atoms with Crippen LogP contribution in [0.15, 0.2) is 54.6 Å². The molecule has 0 N–H and O–H groups in total. The molecule has 2 unspecified atom stereocenters. The lowest BCUT2D eigenvalue weighted by molar-refractivity contribution is -0.137. The molecule has 2 bridgehead atoms. The van der Waals surface area contributed by atoms with Crippen LogP contribution >= 0.6 is 0 Å². The molecule has 0 saturated carbocycles. The van der Waals surface area contributed by atoms with Gasteiger partial charge in [0.15, 0.2) is 0 Å². The van der Waals surface area contributed by atoms with Gasteiger partial charge >= 0.3 is 12.3 Å². The van der Waals surface area contributed by atoms with Gasteiger partial charge in [0, 0.05) is 6.04 Å². The van der Waals surface area contributed by atoms with Crippen molar-refractivity contribution in [3.63, 3.8) is 0 Å². The van der Waals surface area contributed by atoms with Crippen LogP contribution in [0.25, 0.3) is 5.57 Å². The molecule has 4 nitrogen and oxygen atoms in total. The minimum atomic E-state index is -4.48. The molecule has 7 heteroatoms. The van der Waals surface area contributed by atoms with E-state index in [0.717, 1.165) is 30.5 Å². The second kappa shape index (κ2) is 7.86. The van der Waals surface area contributed by atoms with Crippen molar-refractivity contribution >= 4 is 11.7 Å². The largest absolute Gasteiger partial charge is 0.445 e. The van der Waals surface area contributed by atoms with Crippen LogP contribution in [0.2, 0.25) is 0 Å². The zero-order valence-electron chi connectivity index (χ0n) is 16.0. The summed E-state index contributed by atoms with van der Waals surface area (Å²) < 4.78 is 44.9. The van der Waals surface area contributed by atoms with Gasteiger partial charge in [0.1, 0.15) is 6.61 Å². The predicted octanol–water partition coefficient (Wildman–Crippen LogP) is 5.53. The molecule has 2 atom stereocenters. The maximum atomic E-state index is 13.2. The lowest BCUT2D eigenvalue weighted by Crippen LogP contribution is -2.43. The van der Waals surface area contributed by atoms with Gasteiger partial charge in [-0.1, -0.05) is 36.4 Å². The maximum absolute atomic E-state index is 13.2. The molecular formula is C23H19F3N2O2. The van der Waals surface area contributed by atoms with Crippen LogP contribution in [-0.4, -0.2) is 23.1 Å². The standard InChI is InChI=1S/C23H19F3N2O2/c24-23(25,26)18-7-6-16(13-27)21(12-18)17-10-19-8-9-20(11-17)28(19)22(29)30-14-15-4-2-1-3-5-15/h1-7,10,12,19-20H,8-9,11,14H2. The number of rotatable bonds is 3. The van der Waals surface area contributed by atoms with Gasteiger partial charge in [0.2, 0.25) is 0 Å². The summed E-state index contributed by atoms with van der Waals surface area (Å²) in [5, 5.41) is 9.37. The third kappa shape index (κ3) is 3.90. The summed E-state index contributed by atoms with van der Waals surface area (Å²) in [6, 6.07) is 14.1. The van der Waals surface area contributed by atoms with Crippen molar-refractivity contribution < 1.29 is 22.7 Å². The molecule has 2 aromatic rings. The zero-order valence-corrected chi connectivity index (χ0v) is 16.0. The highest BCUT2D eigenvalue weighted by atomic mass is 19.4. The smallest absolute Gasteiger partial charge is 0.416 e. The number of benzene rings is 2. The first kappa shape index (κ1) is 20.0.